The first-order valence-corrected chi connectivity index (χ1v) is 7.09. The van der Waals surface area contributed by atoms with E-state index in [0.29, 0.717) is 5.56 Å². The van der Waals surface area contributed by atoms with Gasteiger partial charge in [-0.05, 0) is 23.3 Å². The van der Waals surface area contributed by atoms with Crippen molar-refractivity contribution >= 4 is 11.9 Å². The van der Waals surface area contributed by atoms with Gasteiger partial charge in [-0.3, -0.25) is 9.48 Å². The van der Waals surface area contributed by atoms with Gasteiger partial charge in [0.05, 0.1) is 6.20 Å². The molecule has 0 N–H and O–H groups in total. The van der Waals surface area contributed by atoms with E-state index >= 15 is 0 Å². The fraction of sp³-hybridized carbons (Fsp3) is 0.0526. The van der Waals surface area contributed by atoms with Crippen LogP contribution in [-0.2, 0) is 7.05 Å². The van der Waals surface area contributed by atoms with Crippen LogP contribution in [0.3, 0.4) is 0 Å². The predicted octanol–water partition coefficient (Wildman–Crippen LogP) is 3.98. The molecule has 0 radical (unpaired) electrons. The van der Waals surface area contributed by atoms with Crippen molar-refractivity contribution in [1.82, 2.24) is 9.78 Å². The molecule has 22 heavy (non-hydrogen) atoms. The number of aromatic nitrogens is 2. The summed E-state index contributed by atoms with van der Waals surface area (Å²) in [5.74, 6) is -0.0107. The fourth-order valence-corrected chi connectivity index (χ4v) is 2.25. The normalized spacial score (nSPS) is 11.0. The third-order valence-corrected chi connectivity index (χ3v) is 3.43. The number of hydrogen-bond acceptors (Lipinski definition) is 2. The van der Waals surface area contributed by atoms with Crippen molar-refractivity contribution in [2.45, 2.75) is 0 Å². The van der Waals surface area contributed by atoms with E-state index in [-0.39, 0.29) is 5.78 Å². The van der Waals surface area contributed by atoms with E-state index in [1.165, 1.54) is 0 Å². The van der Waals surface area contributed by atoms with Crippen molar-refractivity contribution in [2.24, 2.45) is 7.05 Å². The second kappa shape index (κ2) is 6.22. The monoisotopic (exact) mass is 288 g/mol. The Morgan fingerprint density at radius 3 is 2.32 bits per heavy atom. The van der Waals surface area contributed by atoms with Crippen molar-refractivity contribution < 1.29 is 4.79 Å². The molecule has 2 aromatic carbocycles. The summed E-state index contributed by atoms with van der Waals surface area (Å²) in [6.07, 6.45) is 6.94. The molecule has 0 saturated carbocycles. The van der Waals surface area contributed by atoms with Crippen molar-refractivity contribution in [1.29, 1.82) is 0 Å². The van der Waals surface area contributed by atoms with Gasteiger partial charge in [0.25, 0.3) is 0 Å². The summed E-state index contributed by atoms with van der Waals surface area (Å²) in [6, 6.07) is 17.8. The van der Waals surface area contributed by atoms with Crippen LogP contribution in [0.5, 0.6) is 0 Å². The lowest BCUT2D eigenvalue weighted by molar-refractivity contribution is 0.104. The zero-order valence-corrected chi connectivity index (χ0v) is 12.3. The second-order valence-electron chi connectivity index (χ2n) is 5.09. The number of hydrogen-bond donors (Lipinski definition) is 0. The Bertz CT molecular complexity index is 799. The van der Waals surface area contributed by atoms with E-state index < -0.39 is 0 Å². The lowest BCUT2D eigenvalue weighted by atomic mass is 10.0. The van der Waals surface area contributed by atoms with Crippen LogP contribution in [0.15, 0.2) is 73.1 Å². The lowest BCUT2D eigenvalue weighted by Crippen LogP contribution is -1.93. The van der Waals surface area contributed by atoms with Crippen molar-refractivity contribution in [2.75, 3.05) is 0 Å². The first-order valence-electron chi connectivity index (χ1n) is 7.09. The summed E-state index contributed by atoms with van der Waals surface area (Å²) in [5.41, 5.74) is 3.84. The standard InChI is InChI=1S/C19H16N2O/c1-21-14-15(13-20-21)7-12-19(22)18-10-8-17(9-11-18)16-5-3-2-4-6-16/h2-14H,1H3. The van der Waals surface area contributed by atoms with Gasteiger partial charge >= 0.3 is 0 Å². The molecular weight excluding hydrogens is 272 g/mol. The SMILES string of the molecule is Cn1cc(C=CC(=O)c2ccc(-c3ccccc3)cc2)cn1. The molecule has 0 bridgehead atoms. The lowest BCUT2D eigenvalue weighted by Gasteiger charge is -2.02. The zero-order valence-electron chi connectivity index (χ0n) is 12.3. The van der Waals surface area contributed by atoms with E-state index in [4.69, 9.17) is 0 Å². The molecule has 3 nitrogen and oxygen atoms in total. The highest BCUT2D eigenvalue weighted by Gasteiger charge is 2.03. The van der Waals surface area contributed by atoms with Crippen LogP contribution in [0, 0.1) is 0 Å². The van der Waals surface area contributed by atoms with E-state index in [1.807, 2.05) is 55.7 Å². The predicted molar refractivity (Wildman–Crippen MR) is 88.5 cm³/mol. The third kappa shape index (κ3) is 3.20. The van der Waals surface area contributed by atoms with E-state index in [9.17, 15) is 4.79 Å². The minimum absolute atomic E-state index is 0.0107. The average molecular weight is 288 g/mol. The van der Waals surface area contributed by atoms with E-state index in [2.05, 4.69) is 17.2 Å². The summed E-state index contributed by atoms with van der Waals surface area (Å²) in [6.45, 7) is 0. The first kappa shape index (κ1) is 14.0. The van der Waals surface area contributed by atoms with Crippen LogP contribution in [0.25, 0.3) is 17.2 Å². The van der Waals surface area contributed by atoms with Gasteiger partial charge in [0.15, 0.2) is 5.78 Å². The highest BCUT2D eigenvalue weighted by Crippen LogP contribution is 2.19. The molecule has 0 amide bonds. The Morgan fingerprint density at radius 1 is 1.00 bits per heavy atom. The topological polar surface area (TPSA) is 34.9 Å². The van der Waals surface area contributed by atoms with E-state index in [1.54, 1.807) is 23.0 Å². The maximum atomic E-state index is 12.2. The number of allylic oxidation sites excluding steroid dienone is 1. The fourth-order valence-electron chi connectivity index (χ4n) is 2.25. The molecule has 3 aromatic rings. The van der Waals surface area contributed by atoms with Crippen LogP contribution in [-0.4, -0.2) is 15.6 Å². The smallest absolute Gasteiger partial charge is 0.185 e. The van der Waals surface area contributed by atoms with Crippen LogP contribution in [0.4, 0.5) is 0 Å². The summed E-state index contributed by atoms with van der Waals surface area (Å²) < 4.78 is 1.71. The third-order valence-electron chi connectivity index (χ3n) is 3.43. The molecule has 0 aliphatic carbocycles. The van der Waals surface area contributed by atoms with Gasteiger partial charge in [0.1, 0.15) is 0 Å². The highest BCUT2D eigenvalue weighted by molar-refractivity contribution is 6.07. The molecule has 1 heterocycles. The number of rotatable bonds is 4. The summed E-state index contributed by atoms with van der Waals surface area (Å²) in [7, 11) is 1.85. The van der Waals surface area contributed by atoms with Gasteiger partial charge < -0.3 is 0 Å². The number of aryl methyl sites for hydroxylation is 1. The quantitative estimate of drug-likeness (QED) is 0.537. The number of carbonyl (C=O) groups excluding carboxylic acids is 1. The first-order chi connectivity index (χ1) is 10.7. The molecule has 3 heteroatoms. The second-order valence-corrected chi connectivity index (χ2v) is 5.09. The number of ketones is 1. The molecule has 0 unspecified atom stereocenters. The maximum Gasteiger partial charge on any atom is 0.185 e. The van der Waals surface area contributed by atoms with E-state index in [0.717, 1.165) is 16.7 Å². The molecule has 0 atom stereocenters. The number of nitrogens with zero attached hydrogens (tertiary/aromatic N) is 2. The Hall–Kier alpha value is -2.94. The van der Waals surface area contributed by atoms with Crippen LogP contribution < -0.4 is 0 Å². The number of benzene rings is 2. The molecule has 0 aliphatic heterocycles. The van der Waals surface area contributed by atoms with Gasteiger partial charge in [-0.1, -0.05) is 54.6 Å². The van der Waals surface area contributed by atoms with Crippen LogP contribution in [0.2, 0.25) is 0 Å². The van der Waals surface area contributed by atoms with Gasteiger partial charge in [-0.15, -0.1) is 0 Å². The zero-order chi connectivity index (χ0) is 15.4. The highest BCUT2D eigenvalue weighted by atomic mass is 16.1. The molecule has 1 aromatic heterocycles. The van der Waals surface area contributed by atoms with Crippen molar-refractivity contribution in [3.63, 3.8) is 0 Å². The van der Waals surface area contributed by atoms with Gasteiger partial charge in [-0.25, -0.2) is 0 Å². The molecule has 0 fully saturated rings. The van der Waals surface area contributed by atoms with Crippen molar-refractivity contribution in [3.8, 4) is 11.1 Å². The molecular formula is C19H16N2O. The van der Waals surface area contributed by atoms with Crippen LogP contribution >= 0.6 is 0 Å². The Balaban J connectivity index is 1.75. The van der Waals surface area contributed by atoms with Crippen LogP contribution in [0.1, 0.15) is 15.9 Å². The molecule has 0 aliphatic rings. The van der Waals surface area contributed by atoms with Gasteiger partial charge in [-0.2, -0.15) is 5.10 Å². The molecule has 0 spiro atoms. The summed E-state index contributed by atoms with van der Waals surface area (Å²) in [4.78, 5) is 12.2. The number of carbonyl (C=O) groups is 1. The molecule has 108 valence electrons. The van der Waals surface area contributed by atoms with Gasteiger partial charge in [0, 0.05) is 24.4 Å². The molecule has 3 rings (SSSR count). The largest absolute Gasteiger partial charge is 0.289 e. The molecule has 0 saturated heterocycles. The van der Waals surface area contributed by atoms with Crippen molar-refractivity contribution in [3.05, 3.63) is 84.2 Å². The Morgan fingerprint density at radius 2 is 1.68 bits per heavy atom. The Kier molecular flexibility index (Phi) is 3.97. The minimum atomic E-state index is -0.0107. The van der Waals surface area contributed by atoms with Gasteiger partial charge in [0.2, 0.25) is 0 Å². The minimum Gasteiger partial charge on any atom is -0.289 e. The maximum absolute atomic E-state index is 12.2. The Labute approximate surface area is 129 Å². The average Bonchev–Trinajstić information content (AvgIpc) is 2.99. The summed E-state index contributed by atoms with van der Waals surface area (Å²) >= 11 is 0. The summed E-state index contributed by atoms with van der Waals surface area (Å²) in [5, 5.41) is 4.07.